The molecule has 0 aliphatic rings. The van der Waals surface area contributed by atoms with Gasteiger partial charge in [0.1, 0.15) is 11.5 Å². The molecule has 0 saturated heterocycles. The zero-order chi connectivity index (χ0) is 35.5. The van der Waals surface area contributed by atoms with Gasteiger partial charge >= 0.3 is 6.03 Å². The quantitative estimate of drug-likeness (QED) is 0.132. The Hall–Kier alpha value is -5.88. The molecule has 0 bridgehead atoms. The number of aromatic nitrogens is 3. The van der Waals surface area contributed by atoms with Crippen LogP contribution in [0, 0.1) is 0 Å². The number of methoxy groups -OCH3 is 1. The molecule has 2 aromatic heterocycles. The lowest BCUT2D eigenvalue weighted by atomic mass is 9.86. The van der Waals surface area contributed by atoms with Crippen LogP contribution in [-0.2, 0) is 22.0 Å². The van der Waals surface area contributed by atoms with Crippen molar-refractivity contribution in [3.05, 3.63) is 121 Å². The van der Waals surface area contributed by atoms with Gasteiger partial charge in [0.05, 0.1) is 54.3 Å². The molecule has 0 spiro atoms. The number of hydrogen-bond donors (Lipinski definition) is 3. The molecule has 3 N–H and O–H groups in total. The topological polar surface area (TPSA) is 136 Å². The first kappa shape index (κ1) is 34.0. The van der Waals surface area contributed by atoms with Crippen molar-refractivity contribution < 1.29 is 22.7 Å². The Morgan fingerprint density at radius 2 is 1.56 bits per heavy atom. The van der Waals surface area contributed by atoms with E-state index in [-0.39, 0.29) is 16.9 Å². The van der Waals surface area contributed by atoms with Crippen molar-refractivity contribution in [2.45, 2.75) is 32.7 Å². The fraction of sp³-hybridized carbons (Fsp3) is 0.184. The van der Waals surface area contributed by atoms with E-state index in [2.05, 4.69) is 37.5 Å². The van der Waals surface area contributed by atoms with E-state index in [1.54, 1.807) is 49.1 Å². The SMILES string of the molecule is COc1c(NC(=O)Nc2ccc(Oc3ccnc(-c4cncn4Cc4ccccc4)c3)c3ccccc23)cc(C(C)(C)C)cc1NS(C)(=O)=O. The first-order chi connectivity index (χ1) is 23.9. The van der Waals surface area contributed by atoms with Crippen LogP contribution in [0.25, 0.3) is 22.2 Å². The molecular formula is C38H38N6O5S. The predicted molar refractivity (Wildman–Crippen MR) is 198 cm³/mol. The normalized spacial score (nSPS) is 11.6. The van der Waals surface area contributed by atoms with Crippen LogP contribution in [0.4, 0.5) is 21.9 Å². The molecule has 0 aliphatic carbocycles. The van der Waals surface area contributed by atoms with Crippen LogP contribution < -0.4 is 24.8 Å². The van der Waals surface area contributed by atoms with Gasteiger partial charge in [0.2, 0.25) is 10.0 Å². The fourth-order valence-electron chi connectivity index (χ4n) is 5.58. The third-order valence-corrected chi connectivity index (χ3v) is 8.56. The molecule has 6 aromatic rings. The number of carbonyl (C=O) groups is 1. The maximum atomic E-state index is 13.5. The number of nitrogens with zero attached hydrogens (tertiary/aromatic N) is 3. The molecule has 2 amide bonds. The highest BCUT2D eigenvalue weighted by Crippen LogP contribution is 2.40. The van der Waals surface area contributed by atoms with Crippen molar-refractivity contribution in [1.29, 1.82) is 0 Å². The standard InChI is InChI=1S/C38H38N6O5S/c1-38(2,3)26-19-32(36(48-4)33(20-26)43-50(5,46)47)42-37(45)41-30-15-16-35(29-14-10-9-13-28(29)30)49-27-17-18-40-31(21-27)34-22-39-24-44(34)23-25-11-7-6-8-12-25/h6-22,24,43H,23H2,1-5H3,(H2,41,42,45). The Morgan fingerprint density at radius 1 is 0.860 bits per heavy atom. The van der Waals surface area contributed by atoms with Crippen LogP contribution >= 0.6 is 0 Å². The van der Waals surface area contributed by atoms with Crippen LogP contribution in [0.2, 0.25) is 0 Å². The first-order valence-corrected chi connectivity index (χ1v) is 17.8. The van der Waals surface area contributed by atoms with Crippen molar-refractivity contribution in [1.82, 2.24) is 14.5 Å². The lowest BCUT2D eigenvalue weighted by molar-refractivity contribution is 0.262. The summed E-state index contributed by atoms with van der Waals surface area (Å²) in [6, 6.07) is 27.9. The molecule has 6 rings (SSSR count). The molecule has 11 nitrogen and oxygen atoms in total. The lowest BCUT2D eigenvalue weighted by Gasteiger charge is -2.24. The Morgan fingerprint density at radius 3 is 2.28 bits per heavy atom. The smallest absolute Gasteiger partial charge is 0.323 e. The zero-order valence-corrected chi connectivity index (χ0v) is 29.2. The van der Waals surface area contributed by atoms with Crippen molar-refractivity contribution in [2.24, 2.45) is 0 Å². The lowest BCUT2D eigenvalue weighted by Crippen LogP contribution is -2.22. The number of carbonyl (C=O) groups excluding carboxylic acids is 1. The zero-order valence-electron chi connectivity index (χ0n) is 28.4. The molecule has 0 atom stereocenters. The molecule has 4 aromatic carbocycles. The highest BCUT2D eigenvalue weighted by molar-refractivity contribution is 7.92. The van der Waals surface area contributed by atoms with Gasteiger partial charge in [0.25, 0.3) is 0 Å². The van der Waals surface area contributed by atoms with Gasteiger partial charge < -0.3 is 24.7 Å². The Labute approximate surface area is 291 Å². The number of imidazole rings is 1. The van der Waals surface area contributed by atoms with E-state index in [4.69, 9.17) is 9.47 Å². The largest absolute Gasteiger partial charge is 0.492 e. The number of nitrogens with one attached hydrogen (secondary N) is 3. The predicted octanol–water partition coefficient (Wildman–Crippen LogP) is 8.26. The maximum Gasteiger partial charge on any atom is 0.323 e. The molecule has 50 heavy (non-hydrogen) atoms. The monoisotopic (exact) mass is 690 g/mol. The number of fused-ring (bicyclic) bond motifs is 1. The molecular weight excluding hydrogens is 653 g/mol. The van der Waals surface area contributed by atoms with Gasteiger partial charge in [-0.3, -0.25) is 9.71 Å². The molecule has 0 radical (unpaired) electrons. The number of ether oxygens (including phenoxy) is 2. The van der Waals surface area contributed by atoms with Crippen LogP contribution in [0.15, 0.2) is 110 Å². The molecule has 2 heterocycles. The summed E-state index contributed by atoms with van der Waals surface area (Å²) in [5, 5.41) is 7.32. The van der Waals surface area contributed by atoms with Crippen molar-refractivity contribution in [2.75, 3.05) is 28.7 Å². The van der Waals surface area contributed by atoms with Crippen LogP contribution in [0.5, 0.6) is 17.2 Å². The second-order valence-electron chi connectivity index (χ2n) is 12.8. The number of anilines is 3. The second kappa shape index (κ2) is 13.9. The summed E-state index contributed by atoms with van der Waals surface area (Å²) >= 11 is 0. The third-order valence-electron chi connectivity index (χ3n) is 7.96. The Balaban J connectivity index is 1.25. The maximum absolute atomic E-state index is 13.5. The van der Waals surface area contributed by atoms with E-state index in [0.717, 1.165) is 39.5 Å². The summed E-state index contributed by atoms with van der Waals surface area (Å²) in [6.45, 7) is 6.63. The first-order valence-electron chi connectivity index (χ1n) is 15.9. The Kier molecular flexibility index (Phi) is 9.47. The van der Waals surface area contributed by atoms with Crippen molar-refractivity contribution >= 4 is 43.9 Å². The molecule has 12 heteroatoms. The van der Waals surface area contributed by atoms with E-state index >= 15 is 0 Å². The molecule has 256 valence electrons. The number of hydrogen-bond acceptors (Lipinski definition) is 7. The van der Waals surface area contributed by atoms with Gasteiger partial charge in [-0.15, -0.1) is 0 Å². The van der Waals surface area contributed by atoms with E-state index < -0.39 is 16.1 Å². The van der Waals surface area contributed by atoms with Crippen molar-refractivity contribution in [3.63, 3.8) is 0 Å². The fourth-order valence-corrected chi connectivity index (χ4v) is 6.13. The Bertz CT molecular complexity index is 2280. The summed E-state index contributed by atoms with van der Waals surface area (Å²) in [4.78, 5) is 22.4. The molecule has 0 unspecified atom stereocenters. The van der Waals surface area contributed by atoms with Crippen LogP contribution in [-0.4, -0.2) is 42.3 Å². The molecule has 0 saturated carbocycles. The van der Waals surface area contributed by atoms with Crippen molar-refractivity contribution in [3.8, 4) is 28.6 Å². The van der Waals surface area contributed by atoms with Gasteiger partial charge in [-0.1, -0.05) is 75.4 Å². The van der Waals surface area contributed by atoms with Gasteiger partial charge in [-0.25, -0.2) is 18.2 Å². The molecule has 0 fully saturated rings. The average Bonchev–Trinajstić information content (AvgIpc) is 3.53. The van der Waals surface area contributed by atoms with E-state index in [1.165, 1.54) is 7.11 Å². The van der Waals surface area contributed by atoms with E-state index in [9.17, 15) is 13.2 Å². The minimum absolute atomic E-state index is 0.187. The van der Waals surface area contributed by atoms with Gasteiger partial charge in [0.15, 0.2) is 5.75 Å². The number of benzene rings is 4. The highest BCUT2D eigenvalue weighted by atomic mass is 32.2. The summed E-state index contributed by atoms with van der Waals surface area (Å²) in [5.41, 5.74) is 4.26. The summed E-state index contributed by atoms with van der Waals surface area (Å²) in [7, 11) is -2.21. The molecule has 0 aliphatic heterocycles. The minimum atomic E-state index is -3.62. The third kappa shape index (κ3) is 7.87. The summed E-state index contributed by atoms with van der Waals surface area (Å²) in [5.74, 6) is 1.37. The summed E-state index contributed by atoms with van der Waals surface area (Å²) in [6.07, 6.45) is 6.33. The van der Waals surface area contributed by atoms with Crippen LogP contribution in [0.1, 0.15) is 31.9 Å². The average molecular weight is 691 g/mol. The number of pyridine rings is 1. The van der Waals surface area contributed by atoms with Gasteiger partial charge in [0, 0.05) is 29.6 Å². The van der Waals surface area contributed by atoms with Gasteiger partial charge in [-0.05, 0) is 46.9 Å². The number of sulfonamides is 1. The van der Waals surface area contributed by atoms with E-state index in [0.29, 0.717) is 29.4 Å². The summed E-state index contributed by atoms with van der Waals surface area (Å²) < 4.78 is 40.8. The van der Waals surface area contributed by atoms with Gasteiger partial charge in [-0.2, -0.15) is 0 Å². The van der Waals surface area contributed by atoms with Crippen LogP contribution in [0.3, 0.4) is 0 Å². The highest BCUT2D eigenvalue weighted by Gasteiger charge is 2.22. The number of rotatable bonds is 10. The minimum Gasteiger partial charge on any atom is -0.492 e. The second-order valence-corrected chi connectivity index (χ2v) is 14.6. The number of urea groups is 1. The van der Waals surface area contributed by atoms with E-state index in [1.807, 2.05) is 73.9 Å². The number of amides is 2.